The van der Waals surface area contributed by atoms with Gasteiger partial charge in [-0.3, -0.25) is 15.2 Å². The minimum atomic E-state index is -0.483. The third-order valence-corrected chi connectivity index (χ3v) is 4.81. The number of carbonyl (C=O) groups excluding carboxylic acids is 1. The van der Waals surface area contributed by atoms with E-state index in [1.54, 1.807) is 24.4 Å². The second kappa shape index (κ2) is 10.7. The van der Waals surface area contributed by atoms with E-state index in [0.717, 1.165) is 31.9 Å². The van der Waals surface area contributed by atoms with Crippen molar-refractivity contribution >= 4 is 35.0 Å². The van der Waals surface area contributed by atoms with Gasteiger partial charge in [-0.2, -0.15) is 0 Å². The third kappa shape index (κ3) is 6.11. The Morgan fingerprint density at radius 3 is 2.71 bits per heavy atom. The van der Waals surface area contributed by atoms with E-state index >= 15 is 0 Å². The summed E-state index contributed by atoms with van der Waals surface area (Å²) in [6.07, 6.45) is 8.10. The fraction of sp³-hybridized carbons (Fsp3) is 0.273. The maximum Gasteiger partial charge on any atom is 0.328 e. The van der Waals surface area contributed by atoms with Gasteiger partial charge < -0.3 is 5.73 Å². The van der Waals surface area contributed by atoms with E-state index in [4.69, 9.17) is 17.3 Å². The first-order valence-electron chi connectivity index (χ1n) is 10.1. The predicted molar refractivity (Wildman–Crippen MR) is 122 cm³/mol. The maximum atomic E-state index is 13.1. The molecule has 3 N–H and O–H groups in total. The smallest absolute Gasteiger partial charge is 0.328 e. The zero-order chi connectivity index (χ0) is 22.2. The van der Waals surface area contributed by atoms with Crippen molar-refractivity contribution in [3.05, 3.63) is 59.8 Å². The Bertz CT molecular complexity index is 1030. The molecule has 0 saturated heterocycles. The summed E-state index contributed by atoms with van der Waals surface area (Å²) in [5.41, 5.74) is 7.84. The van der Waals surface area contributed by atoms with Crippen molar-refractivity contribution in [1.29, 1.82) is 0 Å². The van der Waals surface area contributed by atoms with Crippen LogP contribution in [-0.4, -0.2) is 27.5 Å². The molecule has 0 saturated carbocycles. The molecule has 0 unspecified atom stereocenters. The van der Waals surface area contributed by atoms with Crippen molar-refractivity contribution in [3.8, 4) is 11.3 Å². The lowest BCUT2D eigenvalue weighted by atomic mass is 10.1. The van der Waals surface area contributed by atoms with Gasteiger partial charge in [0.2, 0.25) is 0 Å². The first-order valence-corrected chi connectivity index (χ1v) is 10.4. The Balaban J connectivity index is 1.91. The lowest BCUT2D eigenvalue weighted by Crippen LogP contribution is -2.37. The Morgan fingerprint density at radius 2 is 2.00 bits per heavy atom. The van der Waals surface area contributed by atoms with Gasteiger partial charge in [-0.05, 0) is 36.8 Å². The van der Waals surface area contributed by atoms with E-state index in [-0.39, 0.29) is 5.82 Å². The number of carbonyl (C=O) groups is 1. The van der Waals surface area contributed by atoms with E-state index in [9.17, 15) is 9.18 Å². The van der Waals surface area contributed by atoms with Gasteiger partial charge in [-0.15, -0.1) is 0 Å². The van der Waals surface area contributed by atoms with Crippen LogP contribution in [0.4, 0.5) is 26.5 Å². The van der Waals surface area contributed by atoms with Gasteiger partial charge in [-0.25, -0.2) is 19.2 Å². The summed E-state index contributed by atoms with van der Waals surface area (Å²) >= 11 is 6.06. The lowest BCUT2D eigenvalue weighted by Gasteiger charge is -2.24. The second-order valence-corrected chi connectivity index (χ2v) is 7.44. The average molecular weight is 443 g/mol. The van der Waals surface area contributed by atoms with Crippen molar-refractivity contribution in [2.75, 3.05) is 22.5 Å². The summed E-state index contributed by atoms with van der Waals surface area (Å²) in [5, 5.41) is 3.17. The summed E-state index contributed by atoms with van der Waals surface area (Å²) in [6, 6.07) is 7.37. The topological polar surface area (TPSA) is 97.0 Å². The molecule has 3 aromatic rings. The van der Waals surface area contributed by atoms with Crippen molar-refractivity contribution in [1.82, 2.24) is 15.0 Å². The summed E-state index contributed by atoms with van der Waals surface area (Å²) in [7, 11) is 0. The van der Waals surface area contributed by atoms with Crippen molar-refractivity contribution in [2.24, 2.45) is 0 Å². The molecule has 162 valence electrons. The number of nitrogens with zero attached hydrogens (tertiary/aromatic N) is 4. The fourth-order valence-electron chi connectivity index (χ4n) is 3.02. The van der Waals surface area contributed by atoms with Gasteiger partial charge in [0.15, 0.2) is 5.82 Å². The van der Waals surface area contributed by atoms with Gasteiger partial charge in [0, 0.05) is 24.5 Å². The quantitative estimate of drug-likeness (QED) is 0.447. The third-order valence-electron chi connectivity index (χ3n) is 4.60. The number of nitrogens with two attached hydrogens (primary N) is 1. The number of amides is 2. The molecule has 2 amide bonds. The Hall–Kier alpha value is -3.26. The molecule has 0 radical (unpaired) electrons. The SMILES string of the molecule is CCCCCCN(C(=O)Nc1ccc(F)cn1)c1nc(-c2cncc(Cl)c2)ccc1N. The van der Waals surface area contributed by atoms with Gasteiger partial charge in [0.05, 0.1) is 22.6 Å². The minimum absolute atomic E-state index is 0.235. The van der Waals surface area contributed by atoms with Gasteiger partial charge in [-0.1, -0.05) is 37.8 Å². The minimum Gasteiger partial charge on any atom is -0.396 e. The first kappa shape index (κ1) is 22.4. The number of hydrogen-bond acceptors (Lipinski definition) is 5. The molecule has 0 fully saturated rings. The van der Waals surface area contributed by atoms with Crippen LogP contribution in [0, 0.1) is 5.82 Å². The zero-order valence-corrected chi connectivity index (χ0v) is 17.9. The number of aromatic nitrogens is 3. The van der Waals surface area contributed by atoms with Crippen LogP contribution in [0.3, 0.4) is 0 Å². The van der Waals surface area contributed by atoms with Gasteiger partial charge in [0.1, 0.15) is 11.6 Å². The molecule has 0 atom stereocenters. The van der Waals surface area contributed by atoms with Crippen LogP contribution in [0.2, 0.25) is 5.02 Å². The van der Waals surface area contributed by atoms with Crippen LogP contribution >= 0.6 is 11.6 Å². The number of halogens is 2. The maximum absolute atomic E-state index is 13.1. The summed E-state index contributed by atoms with van der Waals surface area (Å²) < 4.78 is 13.1. The molecular weight excluding hydrogens is 419 g/mol. The van der Waals surface area contributed by atoms with Gasteiger partial charge >= 0.3 is 6.03 Å². The van der Waals surface area contributed by atoms with Crippen molar-refractivity contribution in [2.45, 2.75) is 32.6 Å². The fourth-order valence-corrected chi connectivity index (χ4v) is 3.19. The van der Waals surface area contributed by atoms with Crippen LogP contribution in [0.5, 0.6) is 0 Å². The lowest BCUT2D eigenvalue weighted by molar-refractivity contribution is 0.256. The highest BCUT2D eigenvalue weighted by Gasteiger charge is 2.21. The summed E-state index contributed by atoms with van der Waals surface area (Å²) in [4.78, 5) is 27.2. The molecule has 3 rings (SSSR count). The van der Waals surface area contributed by atoms with Crippen LogP contribution in [0.1, 0.15) is 32.6 Å². The number of nitrogens with one attached hydrogen (secondary N) is 1. The molecule has 0 aromatic carbocycles. The number of nitrogen functional groups attached to an aromatic ring is 1. The number of anilines is 3. The standard InChI is InChI=1S/C22H24ClFN6O/c1-2-3-4-5-10-30(22(31)29-20-9-6-17(24)14-27-20)21-18(25)7-8-19(28-21)15-11-16(23)13-26-12-15/h6-9,11-14H,2-5,10,25H2,1H3,(H,27,29,31). The largest absolute Gasteiger partial charge is 0.396 e. The molecule has 3 heterocycles. The monoisotopic (exact) mass is 442 g/mol. The van der Waals surface area contributed by atoms with Crippen LogP contribution in [0.15, 0.2) is 48.9 Å². The highest BCUT2D eigenvalue weighted by atomic mass is 35.5. The molecule has 9 heteroatoms. The van der Waals surface area contributed by atoms with E-state index in [2.05, 4.69) is 27.2 Å². The number of pyridine rings is 3. The number of rotatable bonds is 8. The molecule has 0 aliphatic heterocycles. The number of unbranched alkanes of at least 4 members (excludes halogenated alkanes) is 3. The number of hydrogen-bond donors (Lipinski definition) is 2. The normalized spacial score (nSPS) is 10.7. The van der Waals surface area contributed by atoms with Crippen molar-refractivity contribution < 1.29 is 9.18 Å². The second-order valence-electron chi connectivity index (χ2n) is 7.01. The molecule has 3 aromatic heterocycles. The van der Waals surface area contributed by atoms with Crippen molar-refractivity contribution in [3.63, 3.8) is 0 Å². The highest BCUT2D eigenvalue weighted by molar-refractivity contribution is 6.30. The van der Waals surface area contributed by atoms with Crippen LogP contribution < -0.4 is 16.0 Å². The average Bonchev–Trinajstić information content (AvgIpc) is 2.76. The van der Waals surface area contributed by atoms with E-state index in [1.807, 2.05) is 0 Å². The van der Waals surface area contributed by atoms with Crippen LogP contribution in [-0.2, 0) is 0 Å². The Morgan fingerprint density at radius 1 is 1.16 bits per heavy atom. The highest BCUT2D eigenvalue weighted by Crippen LogP contribution is 2.28. The Kier molecular flexibility index (Phi) is 7.72. The van der Waals surface area contributed by atoms with Gasteiger partial charge in [0.25, 0.3) is 0 Å². The number of urea groups is 1. The molecule has 0 spiro atoms. The molecule has 0 aliphatic rings. The molecule has 0 aliphatic carbocycles. The predicted octanol–water partition coefficient (Wildman–Crippen LogP) is 5.53. The van der Waals surface area contributed by atoms with E-state index in [0.29, 0.717) is 34.3 Å². The molecule has 31 heavy (non-hydrogen) atoms. The zero-order valence-electron chi connectivity index (χ0n) is 17.2. The summed E-state index contributed by atoms with van der Waals surface area (Å²) in [6.45, 7) is 2.54. The van der Waals surface area contributed by atoms with Crippen LogP contribution in [0.25, 0.3) is 11.3 Å². The van der Waals surface area contributed by atoms with E-state index < -0.39 is 11.8 Å². The summed E-state index contributed by atoms with van der Waals surface area (Å²) in [5.74, 6) is 0.0791. The first-order chi connectivity index (χ1) is 15.0. The Labute approximate surface area is 185 Å². The molecule has 7 nitrogen and oxygen atoms in total. The van der Waals surface area contributed by atoms with E-state index in [1.165, 1.54) is 23.2 Å². The molecule has 0 bridgehead atoms. The molecular formula is C22H24ClFN6O.